The molecule has 0 heterocycles. The Morgan fingerprint density at radius 1 is 1.57 bits per heavy atom. The summed E-state index contributed by atoms with van der Waals surface area (Å²) in [5, 5.41) is 10.3. The fraction of sp³-hybridized carbons (Fsp3) is 0. The molecular weight excluding hydrogens is 94.1 g/mol. The standard InChI is InChI=1S/CH5N3.CH3N2/c2-1(3)4;2-1-3/h(H5,2,3,4);(H3,2,3)/q;-1/p+1. The Morgan fingerprint density at radius 3 is 1.57 bits per heavy atom. The lowest BCUT2D eigenvalue weighted by atomic mass is 11.1. The van der Waals surface area contributed by atoms with Gasteiger partial charge in [-0.2, -0.15) is 0 Å². The molecule has 0 atom stereocenters. The third-order valence-electron chi connectivity index (χ3n) is 0. The van der Waals surface area contributed by atoms with Crippen LogP contribution in [0, 0.1) is 5.41 Å². The lowest BCUT2D eigenvalue weighted by Gasteiger charge is -1.66. The second kappa shape index (κ2) is 8.83. The van der Waals surface area contributed by atoms with E-state index >= 15 is 0 Å². The molecule has 5 nitrogen and oxygen atoms in total. The predicted octanol–water partition coefficient (Wildman–Crippen LogP) is -3.55. The fourth-order valence-corrected chi connectivity index (χ4v) is 0. The number of rotatable bonds is 0. The summed E-state index contributed by atoms with van der Waals surface area (Å²) in [6.45, 7) is 0. The third kappa shape index (κ3) is 22.4. The molecule has 0 fully saturated rings. The van der Waals surface area contributed by atoms with Gasteiger partial charge in [0.25, 0.3) is 0 Å². The highest BCUT2D eigenvalue weighted by atomic mass is 14.9. The van der Waals surface area contributed by atoms with Gasteiger partial charge in [0.05, 0.1) is 0 Å². The van der Waals surface area contributed by atoms with Crippen LogP contribution in [0.5, 0.6) is 0 Å². The summed E-state index contributed by atoms with van der Waals surface area (Å²) in [6.07, 6.45) is 1.50. The van der Waals surface area contributed by atoms with E-state index in [-0.39, 0.29) is 5.96 Å². The van der Waals surface area contributed by atoms with Gasteiger partial charge in [0.2, 0.25) is 0 Å². The van der Waals surface area contributed by atoms with Crippen molar-refractivity contribution in [1.82, 2.24) is 0 Å². The van der Waals surface area contributed by atoms with E-state index in [2.05, 4.69) is 22.6 Å². The molecule has 0 bridgehead atoms. The van der Waals surface area contributed by atoms with Crippen LogP contribution in [0.25, 0.3) is 0 Å². The molecule has 0 aromatic rings. The molecule has 42 valence electrons. The molecule has 0 unspecified atom stereocenters. The molecule has 0 amide bonds. The van der Waals surface area contributed by atoms with Gasteiger partial charge in [-0.3, -0.25) is 16.9 Å². The van der Waals surface area contributed by atoms with E-state index in [0.717, 1.165) is 0 Å². The minimum Gasteiger partial charge on any atom is -0.563 e. The summed E-state index contributed by atoms with van der Waals surface area (Å²) in [5.74, 6) is -0.0833. The van der Waals surface area contributed by atoms with Crippen molar-refractivity contribution < 1.29 is 5.41 Å². The first-order valence-electron chi connectivity index (χ1n) is 1.40. The summed E-state index contributed by atoms with van der Waals surface area (Å²) in [7, 11) is 0. The Labute approximate surface area is 41.5 Å². The number of guanidine groups is 1. The van der Waals surface area contributed by atoms with Gasteiger partial charge in [-0.25, -0.2) is 0 Å². The fourth-order valence-electron chi connectivity index (χ4n) is 0. The molecule has 0 saturated heterocycles. The van der Waals surface area contributed by atoms with Crippen molar-refractivity contribution in [3.05, 3.63) is 0 Å². The van der Waals surface area contributed by atoms with Crippen LogP contribution in [-0.4, -0.2) is 12.3 Å². The zero-order valence-electron chi connectivity index (χ0n) is 3.81. The van der Waals surface area contributed by atoms with Crippen molar-refractivity contribution in [1.29, 1.82) is 5.41 Å². The Morgan fingerprint density at radius 2 is 1.57 bits per heavy atom. The van der Waals surface area contributed by atoms with Crippen LogP contribution in [0.2, 0.25) is 0 Å². The number of hydrogen-bond donors (Lipinski definition) is 5. The Balaban J connectivity index is 0. The van der Waals surface area contributed by atoms with Gasteiger partial charge in [0.1, 0.15) is 0 Å². The van der Waals surface area contributed by atoms with Crippen LogP contribution >= 0.6 is 0 Å². The maximum absolute atomic E-state index is 5.74. The topological polar surface area (TPSA) is 128 Å². The molecule has 0 aliphatic heterocycles. The van der Waals surface area contributed by atoms with Gasteiger partial charge in [0.15, 0.2) is 0 Å². The Hall–Kier alpha value is -1.26. The second-order valence-corrected chi connectivity index (χ2v) is 0.644. The quantitative estimate of drug-likeness (QED) is 0.0941. The minimum absolute atomic E-state index is 0.0833. The van der Waals surface area contributed by atoms with Crippen molar-refractivity contribution in [2.75, 3.05) is 0 Å². The molecule has 0 aliphatic rings. The number of hydrogen-bond acceptors (Lipinski definition) is 1. The van der Waals surface area contributed by atoms with Crippen molar-refractivity contribution >= 4 is 12.3 Å². The van der Waals surface area contributed by atoms with E-state index in [0.29, 0.717) is 0 Å². The average Bonchev–Trinajstić information content (AvgIpc) is 1.33. The molecule has 0 aromatic heterocycles. The van der Waals surface area contributed by atoms with Gasteiger partial charge in [0, 0.05) is 0 Å². The van der Waals surface area contributed by atoms with Crippen LogP contribution in [0.4, 0.5) is 0 Å². The first-order chi connectivity index (χ1) is 3.15. The molecule has 0 saturated carbocycles. The van der Waals surface area contributed by atoms with Gasteiger partial charge < -0.3 is 17.5 Å². The van der Waals surface area contributed by atoms with Crippen molar-refractivity contribution in [2.45, 2.75) is 0 Å². The highest BCUT2D eigenvalue weighted by Gasteiger charge is 1.64. The highest BCUT2D eigenvalue weighted by Crippen LogP contribution is 0.925. The summed E-state index contributed by atoms with van der Waals surface area (Å²) in [5.41, 5.74) is 13.4. The molecule has 0 radical (unpaired) electrons. The van der Waals surface area contributed by atoms with Crippen LogP contribution < -0.4 is 22.6 Å². The average molecular weight is 103 g/mol. The third-order valence-corrected chi connectivity index (χ3v) is 0. The lowest BCUT2D eigenvalue weighted by Crippen LogP contribution is -2.51. The smallest absolute Gasteiger partial charge is 0.336 e. The number of nitrogens with one attached hydrogen (secondary N) is 1. The molecule has 5 heteroatoms. The Kier molecular flexibility index (Phi) is 11.6. The molecular formula is C2H9N5. The second-order valence-electron chi connectivity index (χ2n) is 0.644. The van der Waals surface area contributed by atoms with E-state index in [1.165, 1.54) is 6.34 Å². The van der Waals surface area contributed by atoms with Crippen molar-refractivity contribution in [3.63, 3.8) is 0 Å². The van der Waals surface area contributed by atoms with Gasteiger partial charge in [-0.1, -0.05) is 0 Å². The molecule has 0 aliphatic carbocycles. The molecule has 0 rings (SSSR count). The molecule has 9 N–H and O–H groups in total. The van der Waals surface area contributed by atoms with E-state index in [9.17, 15) is 0 Å². The largest absolute Gasteiger partial charge is 0.563 e. The van der Waals surface area contributed by atoms with Crippen LogP contribution in [-0.2, 0) is 0 Å². The molecule has 0 aromatic carbocycles. The Bertz CT molecular complexity index is 53.1. The molecule has 0 spiro atoms. The predicted molar refractivity (Wildman–Crippen MR) is 27.2 cm³/mol. The first-order valence-corrected chi connectivity index (χ1v) is 1.40. The van der Waals surface area contributed by atoms with Crippen LogP contribution in [0.15, 0.2) is 0 Å². The van der Waals surface area contributed by atoms with Gasteiger partial charge >= 0.3 is 5.96 Å². The summed E-state index contributed by atoms with van der Waals surface area (Å²) >= 11 is 0. The van der Waals surface area contributed by atoms with E-state index < -0.39 is 0 Å². The lowest BCUT2D eigenvalue weighted by molar-refractivity contribution is -0.116. The maximum Gasteiger partial charge on any atom is 0.336 e. The highest BCUT2D eigenvalue weighted by molar-refractivity contribution is 5.68. The summed E-state index contributed by atoms with van der Waals surface area (Å²) < 4.78 is 0. The zero-order chi connectivity index (χ0) is 6.28. The van der Waals surface area contributed by atoms with E-state index in [1.54, 1.807) is 0 Å². The number of nitrogens with two attached hydrogens (primary N) is 4. The zero-order valence-corrected chi connectivity index (χ0v) is 3.81. The monoisotopic (exact) mass is 103 g/mol. The van der Waals surface area contributed by atoms with E-state index in [4.69, 9.17) is 5.41 Å². The van der Waals surface area contributed by atoms with Gasteiger partial charge in [-0.15, -0.1) is 0 Å². The minimum atomic E-state index is -0.0833. The van der Waals surface area contributed by atoms with Crippen LogP contribution in [0.3, 0.4) is 0 Å². The SMILES string of the molecule is N=[C-]N.NC(N)=[NH2+]. The van der Waals surface area contributed by atoms with Crippen molar-refractivity contribution in [2.24, 2.45) is 17.2 Å². The summed E-state index contributed by atoms with van der Waals surface area (Å²) in [6, 6.07) is 0. The maximum atomic E-state index is 5.74. The normalized spacial score (nSPS) is 5.14. The first kappa shape index (κ1) is 9.22. The van der Waals surface area contributed by atoms with E-state index in [1.807, 2.05) is 0 Å². The molecule has 7 heavy (non-hydrogen) atoms. The van der Waals surface area contributed by atoms with Crippen LogP contribution in [0.1, 0.15) is 0 Å². The summed E-state index contributed by atoms with van der Waals surface area (Å²) in [4.78, 5) is 0. The van der Waals surface area contributed by atoms with Gasteiger partial charge in [-0.05, 0) is 0 Å². The van der Waals surface area contributed by atoms with Crippen molar-refractivity contribution in [3.8, 4) is 0 Å².